The molecule has 0 atom stereocenters. The van der Waals surface area contributed by atoms with E-state index in [4.69, 9.17) is 5.73 Å². The van der Waals surface area contributed by atoms with Crippen molar-refractivity contribution in [2.75, 3.05) is 5.73 Å². The van der Waals surface area contributed by atoms with Gasteiger partial charge < -0.3 is 5.73 Å². The van der Waals surface area contributed by atoms with E-state index in [1.807, 2.05) is 12.1 Å². The lowest BCUT2D eigenvalue weighted by Crippen LogP contribution is -1.85. The molecular weight excluding hydrogens is 134 g/mol. The van der Waals surface area contributed by atoms with E-state index < -0.39 is 0 Å². The summed E-state index contributed by atoms with van der Waals surface area (Å²) in [6.07, 6.45) is 2.70. The zero-order valence-corrected chi connectivity index (χ0v) is 5.88. The molecule has 0 heterocycles. The van der Waals surface area contributed by atoms with Crippen molar-refractivity contribution < 1.29 is 0 Å². The van der Waals surface area contributed by atoms with Crippen LogP contribution in [0.15, 0.2) is 24.3 Å². The minimum atomic E-state index is 0. The Hall–Kier alpha value is -0.980. The van der Waals surface area contributed by atoms with E-state index in [0.29, 0.717) is 0 Å². The SMILES string of the molecule is C.Nc1cccc(C2CC2)c1. The predicted octanol–water partition coefficient (Wildman–Crippen LogP) is 2.78. The largest absolute Gasteiger partial charge is 0.399 e. The lowest BCUT2D eigenvalue weighted by atomic mass is 10.1. The molecular formula is C10H15N. The molecule has 1 nitrogen and oxygen atoms in total. The number of anilines is 1. The molecule has 0 aromatic heterocycles. The zero-order chi connectivity index (χ0) is 6.97. The number of hydrogen-bond acceptors (Lipinski definition) is 1. The molecule has 0 saturated heterocycles. The van der Waals surface area contributed by atoms with Crippen LogP contribution >= 0.6 is 0 Å². The van der Waals surface area contributed by atoms with Crippen LogP contribution in [0.25, 0.3) is 0 Å². The van der Waals surface area contributed by atoms with Crippen LogP contribution in [0.1, 0.15) is 31.7 Å². The molecule has 0 amide bonds. The molecule has 0 aliphatic heterocycles. The third kappa shape index (κ3) is 1.73. The van der Waals surface area contributed by atoms with E-state index in [9.17, 15) is 0 Å². The molecule has 60 valence electrons. The van der Waals surface area contributed by atoms with Gasteiger partial charge >= 0.3 is 0 Å². The molecule has 1 aromatic rings. The fourth-order valence-corrected chi connectivity index (χ4v) is 1.23. The van der Waals surface area contributed by atoms with E-state index in [-0.39, 0.29) is 7.43 Å². The van der Waals surface area contributed by atoms with Gasteiger partial charge in [-0.05, 0) is 36.5 Å². The molecule has 1 saturated carbocycles. The maximum absolute atomic E-state index is 5.62. The number of nitrogen functional groups attached to an aromatic ring is 1. The van der Waals surface area contributed by atoms with Crippen LogP contribution < -0.4 is 5.73 Å². The Morgan fingerprint density at radius 3 is 2.55 bits per heavy atom. The van der Waals surface area contributed by atoms with Gasteiger partial charge in [0, 0.05) is 5.69 Å². The Morgan fingerprint density at radius 2 is 2.00 bits per heavy atom. The van der Waals surface area contributed by atoms with E-state index >= 15 is 0 Å². The summed E-state index contributed by atoms with van der Waals surface area (Å²) in [4.78, 5) is 0. The fourth-order valence-electron chi connectivity index (χ4n) is 1.23. The second-order valence-corrected chi connectivity index (χ2v) is 2.94. The van der Waals surface area contributed by atoms with E-state index in [2.05, 4.69) is 12.1 Å². The third-order valence-electron chi connectivity index (χ3n) is 1.96. The second-order valence-electron chi connectivity index (χ2n) is 2.94. The molecule has 1 aliphatic carbocycles. The first-order chi connectivity index (χ1) is 4.86. The highest BCUT2D eigenvalue weighted by Crippen LogP contribution is 2.40. The van der Waals surface area contributed by atoms with E-state index in [0.717, 1.165) is 11.6 Å². The average molecular weight is 149 g/mol. The van der Waals surface area contributed by atoms with Crippen molar-refractivity contribution in [1.82, 2.24) is 0 Å². The van der Waals surface area contributed by atoms with Gasteiger partial charge in [-0.2, -0.15) is 0 Å². The standard InChI is InChI=1S/C9H11N.CH4/c10-9-3-1-2-8(6-9)7-4-5-7;/h1-3,6-7H,4-5,10H2;1H4. The molecule has 0 unspecified atom stereocenters. The summed E-state index contributed by atoms with van der Waals surface area (Å²) in [6.45, 7) is 0. The van der Waals surface area contributed by atoms with Crippen molar-refractivity contribution in [3.05, 3.63) is 29.8 Å². The van der Waals surface area contributed by atoms with Gasteiger partial charge in [-0.3, -0.25) is 0 Å². The Balaban J connectivity index is 0.000000605. The fraction of sp³-hybridized carbons (Fsp3) is 0.400. The molecule has 0 radical (unpaired) electrons. The molecule has 1 fully saturated rings. The first kappa shape index (κ1) is 8.12. The summed E-state index contributed by atoms with van der Waals surface area (Å²) in [5.41, 5.74) is 7.93. The number of hydrogen-bond donors (Lipinski definition) is 1. The zero-order valence-electron chi connectivity index (χ0n) is 5.88. The Kier molecular flexibility index (Phi) is 2.18. The molecule has 11 heavy (non-hydrogen) atoms. The molecule has 1 aromatic carbocycles. The molecule has 2 N–H and O–H groups in total. The van der Waals surface area contributed by atoms with Crippen LogP contribution in [0.2, 0.25) is 0 Å². The van der Waals surface area contributed by atoms with Crippen LogP contribution in [0.5, 0.6) is 0 Å². The number of benzene rings is 1. The predicted molar refractivity (Wildman–Crippen MR) is 49.6 cm³/mol. The maximum atomic E-state index is 5.62. The second kappa shape index (κ2) is 2.95. The lowest BCUT2D eigenvalue weighted by Gasteiger charge is -1.97. The van der Waals surface area contributed by atoms with Crippen molar-refractivity contribution in [2.45, 2.75) is 26.2 Å². The van der Waals surface area contributed by atoms with Crippen LogP contribution in [0, 0.1) is 0 Å². The van der Waals surface area contributed by atoms with E-state index in [1.165, 1.54) is 18.4 Å². The first-order valence-corrected chi connectivity index (χ1v) is 3.72. The first-order valence-electron chi connectivity index (χ1n) is 3.72. The minimum Gasteiger partial charge on any atom is -0.399 e. The lowest BCUT2D eigenvalue weighted by molar-refractivity contribution is 1.13. The number of nitrogens with two attached hydrogens (primary N) is 1. The highest BCUT2D eigenvalue weighted by molar-refractivity contribution is 5.42. The highest BCUT2D eigenvalue weighted by atomic mass is 14.5. The average Bonchev–Trinajstić information content (AvgIpc) is 2.68. The van der Waals surface area contributed by atoms with Crippen molar-refractivity contribution in [3.63, 3.8) is 0 Å². The Labute approximate surface area is 68.2 Å². The summed E-state index contributed by atoms with van der Waals surface area (Å²) in [7, 11) is 0. The van der Waals surface area contributed by atoms with Gasteiger partial charge in [0.1, 0.15) is 0 Å². The minimum absolute atomic E-state index is 0. The summed E-state index contributed by atoms with van der Waals surface area (Å²) in [6, 6.07) is 8.21. The van der Waals surface area contributed by atoms with Crippen LogP contribution in [-0.2, 0) is 0 Å². The van der Waals surface area contributed by atoms with Gasteiger partial charge in [0.15, 0.2) is 0 Å². The van der Waals surface area contributed by atoms with Crippen LogP contribution in [0.4, 0.5) is 5.69 Å². The molecule has 1 aliphatic rings. The molecule has 0 spiro atoms. The van der Waals surface area contributed by atoms with Gasteiger partial charge in [0.25, 0.3) is 0 Å². The molecule has 2 rings (SSSR count). The molecule has 0 bridgehead atoms. The monoisotopic (exact) mass is 149 g/mol. The van der Waals surface area contributed by atoms with Crippen LogP contribution in [0.3, 0.4) is 0 Å². The van der Waals surface area contributed by atoms with Crippen molar-refractivity contribution in [2.24, 2.45) is 0 Å². The quantitative estimate of drug-likeness (QED) is 0.610. The van der Waals surface area contributed by atoms with Gasteiger partial charge in [0.2, 0.25) is 0 Å². The normalized spacial score (nSPS) is 15.6. The summed E-state index contributed by atoms with van der Waals surface area (Å²) in [5.74, 6) is 0.823. The van der Waals surface area contributed by atoms with Gasteiger partial charge in [-0.25, -0.2) is 0 Å². The van der Waals surface area contributed by atoms with E-state index in [1.54, 1.807) is 0 Å². The smallest absolute Gasteiger partial charge is 0.0316 e. The number of rotatable bonds is 1. The Morgan fingerprint density at radius 1 is 1.27 bits per heavy atom. The molecule has 1 heteroatoms. The summed E-state index contributed by atoms with van der Waals surface area (Å²) in [5, 5.41) is 0. The van der Waals surface area contributed by atoms with Gasteiger partial charge in [-0.1, -0.05) is 19.6 Å². The van der Waals surface area contributed by atoms with Crippen molar-refractivity contribution in [1.29, 1.82) is 0 Å². The van der Waals surface area contributed by atoms with Gasteiger partial charge in [0.05, 0.1) is 0 Å². The van der Waals surface area contributed by atoms with Crippen LogP contribution in [-0.4, -0.2) is 0 Å². The van der Waals surface area contributed by atoms with Gasteiger partial charge in [-0.15, -0.1) is 0 Å². The highest BCUT2D eigenvalue weighted by Gasteiger charge is 2.22. The summed E-state index contributed by atoms with van der Waals surface area (Å²) >= 11 is 0. The van der Waals surface area contributed by atoms with Crippen molar-refractivity contribution in [3.8, 4) is 0 Å². The topological polar surface area (TPSA) is 26.0 Å². The maximum Gasteiger partial charge on any atom is 0.0316 e. The third-order valence-corrected chi connectivity index (χ3v) is 1.96. The Bertz CT molecular complexity index is 238. The summed E-state index contributed by atoms with van der Waals surface area (Å²) < 4.78 is 0. The van der Waals surface area contributed by atoms with Crippen molar-refractivity contribution >= 4 is 5.69 Å².